The minimum absolute atomic E-state index is 0.0596. The number of aryl methyl sites for hydroxylation is 2. The van der Waals surface area contributed by atoms with Crippen molar-refractivity contribution in [1.29, 1.82) is 0 Å². The standard InChI is InChI=1S/C30H30F4N4O/c1-3-6-21-16-36-25-15-22(19-10-12-20(13-11-19)27-18(2)7-4-9-24(27)31)29(39)38(28(25)37-21)17-26-23(30(32,33)34)8-5-14-35-26/h4-5,7-9,14-16,19-20H,3,6,10-13,17H2,1-2H3/t19-,20-. The van der Waals surface area contributed by atoms with Crippen LogP contribution in [0, 0.1) is 12.7 Å². The summed E-state index contributed by atoms with van der Waals surface area (Å²) in [5, 5.41) is 0. The third kappa shape index (κ3) is 5.44. The van der Waals surface area contributed by atoms with Gasteiger partial charge in [-0.05, 0) is 86.3 Å². The van der Waals surface area contributed by atoms with Gasteiger partial charge in [-0.2, -0.15) is 13.2 Å². The van der Waals surface area contributed by atoms with E-state index in [0.717, 1.165) is 23.6 Å². The lowest BCUT2D eigenvalue weighted by atomic mass is 9.75. The summed E-state index contributed by atoms with van der Waals surface area (Å²) in [4.78, 5) is 27.1. The summed E-state index contributed by atoms with van der Waals surface area (Å²) in [7, 11) is 0. The summed E-state index contributed by atoms with van der Waals surface area (Å²) in [6, 6.07) is 9.03. The minimum Gasteiger partial charge on any atom is -0.285 e. The second-order valence-electron chi connectivity index (χ2n) is 10.3. The van der Waals surface area contributed by atoms with E-state index in [-0.39, 0.29) is 41.1 Å². The van der Waals surface area contributed by atoms with Gasteiger partial charge in [0, 0.05) is 18.0 Å². The Balaban J connectivity index is 1.55. The van der Waals surface area contributed by atoms with E-state index in [1.807, 2.05) is 19.9 Å². The highest BCUT2D eigenvalue weighted by molar-refractivity contribution is 5.71. The first kappa shape index (κ1) is 27.0. The quantitative estimate of drug-likeness (QED) is 0.246. The van der Waals surface area contributed by atoms with Gasteiger partial charge in [0.25, 0.3) is 5.56 Å². The molecule has 0 saturated heterocycles. The van der Waals surface area contributed by atoms with Gasteiger partial charge in [-0.3, -0.25) is 19.3 Å². The van der Waals surface area contributed by atoms with Crippen LogP contribution in [-0.2, 0) is 19.1 Å². The molecule has 0 bridgehead atoms. The van der Waals surface area contributed by atoms with Crippen molar-refractivity contribution in [3.8, 4) is 0 Å². The van der Waals surface area contributed by atoms with E-state index in [2.05, 4.69) is 15.0 Å². The Morgan fingerprint density at radius 3 is 2.46 bits per heavy atom. The van der Waals surface area contributed by atoms with E-state index in [9.17, 15) is 22.4 Å². The van der Waals surface area contributed by atoms with Gasteiger partial charge in [0.1, 0.15) is 11.3 Å². The molecule has 0 amide bonds. The smallest absolute Gasteiger partial charge is 0.285 e. The molecular formula is C30H30F4N4O. The van der Waals surface area contributed by atoms with Crippen molar-refractivity contribution < 1.29 is 17.6 Å². The zero-order valence-corrected chi connectivity index (χ0v) is 21.9. The molecule has 3 heterocycles. The van der Waals surface area contributed by atoms with Gasteiger partial charge in [0.05, 0.1) is 23.5 Å². The van der Waals surface area contributed by atoms with Crippen LogP contribution in [0.1, 0.15) is 84.5 Å². The highest BCUT2D eigenvalue weighted by Gasteiger charge is 2.34. The van der Waals surface area contributed by atoms with Crippen molar-refractivity contribution in [1.82, 2.24) is 19.5 Å². The molecule has 1 aliphatic rings. The number of fused-ring (bicyclic) bond motifs is 1. The molecule has 0 N–H and O–H groups in total. The van der Waals surface area contributed by atoms with Gasteiger partial charge in [0.15, 0.2) is 5.65 Å². The fourth-order valence-corrected chi connectivity index (χ4v) is 5.83. The molecule has 5 rings (SSSR count). The van der Waals surface area contributed by atoms with Gasteiger partial charge in [-0.25, -0.2) is 9.37 Å². The largest absolute Gasteiger partial charge is 0.418 e. The molecule has 0 unspecified atom stereocenters. The van der Waals surface area contributed by atoms with Crippen molar-refractivity contribution in [3.63, 3.8) is 0 Å². The second-order valence-corrected chi connectivity index (χ2v) is 10.3. The van der Waals surface area contributed by atoms with Crippen molar-refractivity contribution in [2.75, 3.05) is 0 Å². The normalized spacial score (nSPS) is 18.0. The molecule has 39 heavy (non-hydrogen) atoms. The van der Waals surface area contributed by atoms with Crippen LogP contribution in [0.4, 0.5) is 17.6 Å². The van der Waals surface area contributed by atoms with Crippen LogP contribution < -0.4 is 5.56 Å². The number of halogens is 4. The van der Waals surface area contributed by atoms with E-state index in [4.69, 9.17) is 0 Å². The molecular weight excluding hydrogens is 508 g/mol. The fourth-order valence-electron chi connectivity index (χ4n) is 5.83. The second kappa shape index (κ2) is 10.9. The molecule has 1 saturated carbocycles. The average Bonchev–Trinajstić information content (AvgIpc) is 2.90. The van der Waals surface area contributed by atoms with Crippen molar-refractivity contribution in [2.45, 2.75) is 76.9 Å². The van der Waals surface area contributed by atoms with Crippen LogP contribution in [0.15, 0.2) is 53.6 Å². The SMILES string of the molecule is CCCc1cnc2cc([C@H]3CC[C@H](c4c(C)cccc4F)CC3)c(=O)n(Cc3ncccc3C(F)(F)F)c2n1. The third-order valence-electron chi connectivity index (χ3n) is 7.73. The van der Waals surface area contributed by atoms with Crippen molar-refractivity contribution >= 4 is 11.2 Å². The Kier molecular flexibility index (Phi) is 7.51. The number of hydrogen-bond donors (Lipinski definition) is 0. The van der Waals surface area contributed by atoms with Gasteiger partial charge in [0.2, 0.25) is 0 Å². The number of rotatable bonds is 6. The lowest BCUT2D eigenvalue weighted by molar-refractivity contribution is -0.138. The highest BCUT2D eigenvalue weighted by atomic mass is 19.4. The van der Waals surface area contributed by atoms with Gasteiger partial charge >= 0.3 is 6.18 Å². The Labute approximate surface area is 224 Å². The molecule has 1 aromatic carbocycles. The highest BCUT2D eigenvalue weighted by Crippen LogP contribution is 2.41. The first-order chi connectivity index (χ1) is 18.7. The number of hydrogen-bond acceptors (Lipinski definition) is 4. The zero-order chi connectivity index (χ0) is 27.7. The lowest BCUT2D eigenvalue weighted by Crippen LogP contribution is -2.29. The van der Waals surface area contributed by atoms with E-state index in [1.54, 1.807) is 18.3 Å². The molecule has 1 fully saturated rings. The van der Waals surface area contributed by atoms with Gasteiger partial charge in [-0.15, -0.1) is 0 Å². The zero-order valence-electron chi connectivity index (χ0n) is 21.9. The summed E-state index contributed by atoms with van der Waals surface area (Å²) >= 11 is 0. The lowest BCUT2D eigenvalue weighted by Gasteiger charge is -2.30. The van der Waals surface area contributed by atoms with Crippen molar-refractivity contribution in [3.05, 3.63) is 98.6 Å². The number of pyridine rings is 2. The monoisotopic (exact) mass is 538 g/mol. The molecule has 0 radical (unpaired) electrons. The van der Waals surface area contributed by atoms with Crippen LogP contribution in [0.25, 0.3) is 11.2 Å². The summed E-state index contributed by atoms with van der Waals surface area (Å²) < 4.78 is 57.2. The van der Waals surface area contributed by atoms with Crippen molar-refractivity contribution in [2.24, 2.45) is 0 Å². The fraction of sp³-hybridized carbons (Fsp3) is 0.400. The molecule has 5 nitrogen and oxygen atoms in total. The summed E-state index contributed by atoms with van der Waals surface area (Å²) in [5.74, 6) is -0.260. The van der Waals surface area contributed by atoms with Crippen LogP contribution >= 0.6 is 0 Å². The number of alkyl halides is 3. The van der Waals surface area contributed by atoms with Gasteiger partial charge < -0.3 is 0 Å². The predicted octanol–water partition coefficient (Wildman–Crippen LogP) is 7.10. The number of benzene rings is 1. The maximum Gasteiger partial charge on any atom is 0.418 e. The molecule has 3 aromatic heterocycles. The molecule has 9 heteroatoms. The van der Waals surface area contributed by atoms with E-state index in [0.29, 0.717) is 48.9 Å². The van der Waals surface area contributed by atoms with Crippen LogP contribution in [-0.4, -0.2) is 19.5 Å². The first-order valence-electron chi connectivity index (χ1n) is 13.3. The van der Waals surface area contributed by atoms with Crippen LogP contribution in [0.2, 0.25) is 0 Å². The van der Waals surface area contributed by atoms with Crippen LogP contribution in [0.5, 0.6) is 0 Å². The Morgan fingerprint density at radius 2 is 1.77 bits per heavy atom. The summed E-state index contributed by atoms with van der Waals surface area (Å²) in [6.45, 7) is 3.53. The average molecular weight is 539 g/mol. The molecule has 204 valence electrons. The molecule has 4 aromatic rings. The molecule has 1 aliphatic carbocycles. The topological polar surface area (TPSA) is 60.7 Å². The Bertz CT molecular complexity index is 1540. The number of nitrogens with zero attached hydrogens (tertiary/aromatic N) is 4. The maximum absolute atomic E-state index is 14.6. The van der Waals surface area contributed by atoms with E-state index < -0.39 is 11.7 Å². The maximum atomic E-state index is 14.6. The number of aromatic nitrogens is 4. The third-order valence-corrected chi connectivity index (χ3v) is 7.73. The molecule has 0 spiro atoms. The Morgan fingerprint density at radius 1 is 1.03 bits per heavy atom. The summed E-state index contributed by atoms with van der Waals surface area (Å²) in [6.07, 6.45) is 2.54. The minimum atomic E-state index is -4.61. The first-order valence-corrected chi connectivity index (χ1v) is 13.3. The van der Waals surface area contributed by atoms with E-state index in [1.165, 1.54) is 22.9 Å². The Hall–Kier alpha value is -3.62. The molecule has 0 aliphatic heterocycles. The van der Waals surface area contributed by atoms with Gasteiger partial charge in [-0.1, -0.05) is 25.5 Å². The molecule has 0 atom stereocenters. The van der Waals surface area contributed by atoms with Crippen LogP contribution in [0.3, 0.4) is 0 Å². The predicted molar refractivity (Wildman–Crippen MR) is 141 cm³/mol. The van der Waals surface area contributed by atoms with E-state index >= 15 is 0 Å². The summed E-state index contributed by atoms with van der Waals surface area (Å²) in [5.41, 5.74) is 2.04.